The van der Waals surface area contributed by atoms with E-state index in [4.69, 9.17) is 10.5 Å². The van der Waals surface area contributed by atoms with E-state index in [-0.39, 0.29) is 30.4 Å². The standard InChI is InChI=1S/C19H21N3O5S/c1-27-15-7-9-16(10-8-15)28(25,26)22-13-21(12-14-5-3-2-4-6-14)18(23)11-17(22)19(20)24/h2-10,17H,11-13H2,1H3,(H2,20,24)/t17-/m1/s1. The van der Waals surface area contributed by atoms with Crippen LogP contribution in [-0.2, 0) is 26.2 Å². The van der Waals surface area contributed by atoms with Crippen LogP contribution < -0.4 is 10.5 Å². The Hall–Kier alpha value is -2.91. The van der Waals surface area contributed by atoms with Crippen molar-refractivity contribution in [2.24, 2.45) is 5.73 Å². The molecule has 28 heavy (non-hydrogen) atoms. The molecule has 0 unspecified atom stereocenters. The number of hydrogen-bond donors (Lipinski definition) is 1. The minimum atomic E-state index is -4.05. The third-order valence-corrected chi connectivity index (χ3v) is 6.44. The molecule has 148 valence electrons. The molecule has 0 spiro atoms. The number of methoxy groups -OCH3 is 1. The summed E-state index contributed by atoms with van der Waals surface area (Å²) in [6.45, 7) is -0.0184. The van der Waals surface area contributed by atoms with E-state index >= 15 is 0 Å². The van der Waals surface area contributed by atoms with Gasteiger partial charge in [0.2, 0.25) is 21.8 Å². The highest BCUT2D eigenvalue weighted by Crippen LogP contribution is 2.26. The number of carbonyl (C=O) groups is 2. The van der Waals surface area contributed by atoms with E-state index < -0.39 is 22.0 Å². The number of amides is 2. The van der Waals surface area contributed by atoms with Crippen molar-refractivity contribution >= 4 is 21.8 Å². The Morgan fingerprint density at radius 2 is 1.79 bits per heavy atom. The topological polar surface area (TPSA) is 110 Å². The normalized spacial score (nSPS) is 18.1. The van der Waals surface area contributed by atoms with Crippen LogP contribution in [0.1, 0.15) is 12.0 Å². The van der Waals surface area contributed by atoms with Gasteiger partial charge in [-0.3, -0.25) is 9.59 Å². The molecular formula is C19H21N3O5S. The number of hydrogen-bond acceptors (Lipinski definition) is 5. The van der Waals surface area contributed by atoms with Crippen LogP contribution in [0.5, 0.6) is 5.75 Å². The molecule has 9 heteroatoms. The van der Waals surface area contributed by atoms with Crippen molar-refractivity contribution in [1.29, 1.82) is 0 Å². The van der Waals surface area contributed by atoms with Gasteiger partial charge in [-0.2, -0.15) is 4.31 Å². The second-order valence-corrected chi connectivity index (χ2v) is 8.30. The van der Waals surface area contributed by atoms with Crippen LogP contribution in [0.2, 0.25) is 0 Å². The van der Waals surface area contributed by atoms with Crippen molar-refractivity contribution in [1.82, 2.24) is 9.21 Å². The molecule has 1 aliphatic rings. The fourth-order valence-corrected chi connectivity index (χ4v) is 4.61. The van der Waals surface area contributed by atoms with Gasteiger partial charge in [0.05, 0.1) is 25.1 Å². The minimum absolute atomic E-state index is 0.00596. The molecular weight excluding hydrogens is 382 g/mol. The monoisotopic (exact) mass is 403 g/mol. The number of carbonyl (C=O) groups excluding carboxylic acids is 2. The number of nitrogens with zero attached hydrogens (tertiary/aromatic N) is 2. The fourth-order valence-electron chi connectivity index (χ4n) is 3.05. The third kappa shape index (κ3) is 4.00. The Labute approximate surface area is 163 Å². The molecule has 2 aromatic rings. The molecule has 1 fully saturated rings. The van der Waals surface area contributed by atoms with E-state index in [2.05, 4.69) is 0 Å². The third-order valence-electron chi connectivity index (χ3n) is 4.59. The van der Waals surface area contributed by atoms with Crippen molar-refractivity contribution in [3.63, 3.8) is 0 Å². The van der Waals surface area contributed by atoms with Gasteiger partial charge >= 0.3 is 0 Å². The van der Waals surface area contributed by atoms with E-state index in [9.17, 15) is 18.0 Å². The number of benzene rings is 2. The van der Waals surface area contributed by atoms with Crippen molar-refractivity contribution in [3.8, 4) is 5.75 Å². The molecule has 1 heterocycles. The number of rotatable bonds is 6. The SMILES string of the molecule is COc1ccc(S(=O)(=O)N2CN(Cc3ccccc3)C(=O)C[C@@H]2C(N)=O)cc1. The first-order valence-electron chi connectivity index (χ1n) is 8.60. The first-order chi connectivity index (χ1) is 13.3. The summed E-state index contributed by atoms with van der Waals surface area (Å²) in [6, 6.07) is 13.8. The Morgan fingerprint density at radius 1 is 1.14 bits per heavy atom. The van der Waals surface area contributed by atoms with Gasteiger partial charge in [-0.25, -0.2) is 8.42 Å². The second kappa shape index (κ2) is 7.99. The Kier molecular flexibility index (Phi) is 5.66. The van der Waals surface area contributed by atoms with Crippen LogP contribution in [0.3, 0.4) is 0 Å². The maximum absolute atomic E-state index is 13.1. The van der Waals surface area contributed by atoms with Crippen molar-refractivity contribution in [2.45, 2.75) is 23.9 Å². The van der Waals surface area contributed by atoms with Gasteiger partial charge < -0.3 is 15.4 Å². The first kappa shape index (κ1) is 19.8. The average Bonchev–Trinajstić information content (AvgIpc) is 2.69. The molecule has 0 radical (unpaired) electrons. The van der Waals surface area contributed by atoms with Gasteiger partial charge in [-0.1, -0.05) is 30.3 Å². The molecule has 0 aromatic heterocycles. The first-order valence-corrected chi connectivity index (χ1v) is 10.0. The summed E-state index contributed by atoms with van der Waals surface area (Å²) < 4.78 is 32.3. The summed E-state index contributed by atoms with van der Waals surface area (Å²) >= 11 is 0. The summed E-state index contributed by atoms with van der Waals surface area (Å²) in [5.41, 5.74) is 6.26. The van der Waals surface area contributed by atoms with Crippen LogP contribution in [0.25, 0.3) is 0 Å². The van der Waals surface area contributed by atoms with Gasteiger partial charge in [-0.05, 0) is 29.8 Å². The molecule has 1 atom stereocenters. The van der Waals surface area contributed by atoms with Gasteiger partial charge in [-0.15, -0.1) is 0 Å². The Morgan fingerprint density at radius 3 is 2.36 bits per heavy atom. The van der Waals surface area contributed by atoms with Gasteiger partial charge in [0, 0.05) is 6.54 Å². The molecule has 3 rings (SSSR count). The molecule has 2 amide bonds. The molecule has 2 N–H and O–H groups in total. The summed E-state index contributed by atoms with van der Waals surface area (Å²) in [4.78, 5) is 25.8. The van der Waals surface area contributed by atoms with E-state index in [0.717, 1.165) is 9.87 Å². The maximum atomic E-state index is 13.1. The van der Waals surface area contributed by atoms with E-state index in [1.54, 1.807) is 0 Å². The maximum Gasteiger partial charge on any atom is 0.245 e. The van der Waals surface area contributed by atoms with Gasteiger partial charge in [0.1, 0.15) is 11.8 Å². The van der Waals surface area contributed by atoms with E-state index in [0.29, 0.717) is 5.75 Å². The lowest BCUT2D eigenvalue weighted by Crippen LogP contribution is -2.58. The van der Waals surface area contributed by atoms with Crippen molar-refractivity contribution in [3.05, 3.63) is 60.2 Å². The molecule has 8 nitrogen and oxygen atoms in total. The quantitative estimate of drug-likeness (QED) is 0.772. The van der Waals surface area contributed by atoms with Crippen LogP contribution in [0.4, 0.5) is 0 Å². The molecule has 1 saturated heterocycles. The highest BCUT2D eigenvalue weighted by atomic mass is 32.2. The molecule has 2 aromatic carbocycles. The van der Waals surface area contributed by atoms with Crippen LogP contribution in [0.15, 0.2) is 59.5 Å². The lowest BCUT2D eigenvalue weighted by Gasteiger charge is -2.38. The van der Waals surface area contributed by atoms with Crippen LogP contribution in [-0.4, -0.2) is 49.3 Å². The largest absolute Gasteiger partial charge is 0.497 e. The zero-order valence-electron chi connectivity index (χ0n) is 15.3. The number of ether oxygens (including phenoxy) is 1. The zero-order valence-corrected chi connectivity index (χ0v) is 16.1. The zero-order chi connectivity index (χ0) is 20.3. The lowest BCUT2D eigenvalue weighted by atomic mass is 10.1. The second-order valence-electron chi connectivity index (χ2n) is 6.41. The lowest BCUT2D eigenvalue weighted by molar-refractivity contribution is -0.142. The van der Waals surface area contributed by atoms with Gasteiger partial charge in [0.15, 0.2) is 0 Å². The van der Waals surface area contributed by atoms with Crippen LogP contribution >= 0.6 is 0 Å². The Balaban J connectivity index is 1.92. The van der Waals surface area contributed by atoms with E-state index in [1.807, 2.05) is 30.3 Å². The smallest absolute Gasteiger partial charge is 0.245 e. The predicted octanol–water partition coefficient (Wildman–Crippen LogP) is 0.930. The van der Waals surface area contributed by atoms with Gasteiger partial charge in [0.25, 0.3) is 0 Å². The summed E-state index contributed by atoms with van der Waals surface area (Å²) in [6.07, 6.45) is -0.294. The fraction of sp³-hybridized carbons (Fsp3) is 0.263. The van der Waals surface area contributed by atoms with E-state index in [1.165, 1.54) is 36.3 Å². The molecule has 0 saturated carbocycles. The Bertz CT molecular complexity index is 961. The summed E-state index contributed by atoms with van der Waals surface area (Å²) in [5.74, 6) is -0.677. The van der Waals surface area contributed by atoms with Crippen LogP contribution in [0, 0.1) is 0 Å². The highest BCUT2D eigenvalue weighted by molar-refractivity contribution is 7.89. The summed E-state index contributed by atoms with van der Waals surface area (Å²) in [5, 5.41) is 0. The van der Waals surface area contributed by atoms with Crippen molar-refractivity contribution < 1.29 is 22.7 Å². The average molecular weight is 403 g/mol. The predicted molar refractivity (Wildman–Crippen MR) is 101 cm³/mol. The summed E-state index contributed by atoms with van der Waals surface area (Å²) in [7, 11) is -2.57. The number of nitrogens with two attached hydrogens (primary N) is 1. The minimum Gasteiger partial charge on any atom is -0.497 e. The number of sulfonamides is 1. The highest BCUT2D eigenvalue weighted by Gasteiger charge is 2.42. The molecule has 1 aliphatic heterocycles. The molecule has 0 bridgehead atoms. The number of primary amides is 1. The molecule has 0 aliphatic carbocycles. The van der Waals surface area contributed by atoms with Crippen molar-refractivity contribution in [2.75, 3.05) is 13.8 Å².